The van der Waals surface area contributed by atoms with Gasteiger partial charge in [-0.3, -0.25) is 4.79 Å². The number of rotatable bonds is 3. The number of hydrogen-bond acceptors (Lipinski definition) is 2. The van der Waals surface area contributed by atoms with E-state index in [0.717, 1.165) is 0 Å². The summed E-state index contributed by atoms with van der Waals surface area (Å²) < 4.78 is 14.2. The van der Waals surface area contributed by atoms with E-state index in [4.69, 9.17) is 11.6 Å². The van der Waals surface area contributed by atoms with Crippen molar-refractivity contribution in [1.29, 1.82) is 0 Å². The molecule has 1 aromatic carbocycles. The monoisotopic (exact) mass is 370 g/mol. The Morgan fingerprint density at radius 2 is 2.10 bits per heavy atom. The number of hydrogen-bond donors (Lipinski definition) is 1. The molecule has 0 aliphatic carbocycles. The van der Waals surface area contributed by atoms with Gasteiger partial charge in [0.2, 0.25) is 0 Å². The first kappa shape index (κ1) is 15.9. The van der Waals surface area contributed by atoms with Gasteiger partial charge < -0.3 is 5.32 Å². The fraction of sp³-hybridized carbons (Fsp3) is 0.200. The van der Waals surface area contributed by atoms with Gasteiger partial charge in [-0.2, -0.15) is 0 Å². The summed E-state index contributed by atoms with van der Waals surface area (Å²) in [5.41, 5.74) is 1.15. The lowest BCUT2D eigenvalue weighted by Crippen LogP contribution is -2.14. The average Bonchev–Trinajstić information content (AvgIpc) is 2.42. The minimum atomic E-state index is -0.512. The largest absolute Gasteiger partial charge is 0.319 e. The third-order valence-corrected chi connectivity index (χ3v) is 3.72. The van der Waals surface area contributed by atoms with Crippen molar-refractivity contribution in [1.82, 2.24) is 4.98 Å². The van der Waals surface area contributed by atoms with Crippen molar-refractivity contribution in [3.8, 4) is 0 Å². The van der Waals surface area contributed by atoms with Crippen molar-refractivity contribution in [3.63, 3.8) is 0 Å². The maximum Gasteiger partial charge on any atom is 0.255 e. The first-order valence-electron chi connectivity index (χ1n) is 6.31. The molecule has 0 saturated carbocycles. The lowest BCUT2D eigenvalue weighted by molar-refractivity contribution is 0.102. The van der Waals surface area contributed by atoms with Crippen molar-refractivity contribution < 1.29 is 9.18 Å². The Hall–Kier alpha value is -1.46. The second-order valence-corrected chi connectivity index (χ2v) is 6.05. The van der Waals surface area contributed by atoms with Crippen molar-refractivity contribution >= 4 is 39.1 Å². The predicted octanol–water partition coefficient (Wildman–Crippen LogP) is 5.01. The van der Waals surface area contributed by atoms with Crippen molar-refractivity contribution in [2.75, 3.05) is 5.32 Å². The first-order valence-corrected chi connectivity index (χ1v) is 7.48. The molecule has 0 atom stereocenters. The third kappa shape index (κ3) is 3.80. The molecule has 3 nitrogen and oxygen atoms in total. The van der Waals surface area contributed by atoms with E-state index >= 15 is 0 Å². The molecular weight excluding hydrogens is 359 g/mol. The average molecular weight is 372 g/mol. The molecule has 0 spiro atoms. The normalized spacial score (nSPS) is 10.8. The molecule has 1 heterocycles. The number of pyridine rings is 1. The van der Waals surface area contributed by atoms with E-state index < -0.39 is 11.7 Å². The van der Waals surface area contributed by atoms with Crippen LogP contribution < -0.4 is 5.32 Å². The lowest BCUT2D eigenvalue weighted by Gasteiger charge is -2.11. The molecule has 1 aromatic heterocycles. The van der Waals surface area contributed by atoms with Crippen LogP contribution in [-0.2, 0) is 0 Å². The second-order valence-electron chi connectivity index (χ2n) is 4.81. The van der Waals surface area contributed by atoms with Crippen LogP contribution in [0.4, 0.5) is 10.1 Å². The Morgan fingerprint density at radius 1 is 1.38 bits per heavy atom. The van der Waals surface area contributed by atoms with Gasteiger partial charge in [-0.1, -0.05) is 31.5 Å². The van der Waals surface area contributed by atoms with Gasteiger partial charge in [0.05, 0.1) is 5.69 Å². The van der Waals surface area contributed by atoms with Crippen molar-refractivity contribution in [2.45, 2.75) is 19.8 Å². The molecule has 0 fully saturated rings. The summed E-state index contributed by atoms with van der Waals surface area (Å²) in [6.07, 6.45) is 0. The molecule has 2 aromatic rings. The number of anilines is 1. The summed E-state index contributed by atoms with van der Waals surface area (Å²) >= 11 is 9.14. The summed E-state index contributed by atoms with van der Waals surface area (Å²) in [5, 5.41) is 2.78. The highest BCUT2D eigenvalue weighted by atomic mass is 79.9. The number of halogens is 3. The number of amides is 1. The number of carbonyl (C=O) groups excluding carboxylic acids is 1. The summed E-state index contributed by atoms with van der Waals surface area (Å²) in [6, 6.07) is 7.59. The van der Waals surface area contributed by atoms with E-state index in [-0.39, 0.29) is 16.8 Å². The highest BCUT2D eigenvalue weighted by molar-refractivity contribution is 9.10. The zero-order chi connectivity index (χ0) is 15.6. The van der Waals surface area contributed by atoms with Crippen LogP contribution >= 0.6 is 27.5 Å². The van der Waals surface area contributed by atoms with Crippen LogP contribution in [0.1, 0.15) is 35.8 Å². The molecule has 0 bridgehead atoms. The van der Waals surface area contributed by atoms with Crippen LogP contribution in [0, 0.1) is 5.82 Å². The topological polar surface area (TPSA) is 42.0 Å². The predicted molar refractivity (Wildman–Crippen MR) is 85.4 cm³/mol. The standard InChI is InChI=1S/C15H13BrClFN2O/c1-8(2)12-6-9(7-13(17)19-12)15(21)20-14-10(16)4-3-5-11(14)18/h3-8H,1-2H3,(H,20,21). The highest BCUT2D eigenvalue weighted by Crippen LogP contribution is 2.26. The minimum Gasteiger partial charge on any atom is -0.319 e. The zero-order valence-corrected chi connectivity index (χ0v) is 13.8. The molecule has 1 N–H and O–H groups in total. The number of nitrogens with one attached hydrogen (secondary N) is 1. The number of aromatic nitrogens is 1. The maximum absolute atomic E-state index is 13.7. The minimum absolute atomic E-state index is 0.0986. The van der Waals surface area contributed by atoms with Crippen LogP contribution in [-0.4, -0.2) is 10.9 Å². The smallest absolute Gasteiger partial charge is 0.255 e. The van der Waals surface area contributed by atoms with E-state index in [1.165, 1.54) is 12.1 Å². The van der Waals surface area contributed by atoms with Crippen LogP contribution in [0.25, 0.3) is 0 Å². The van der Waals surface area contributed by atoms with E-state index in [0.29, 0.717) is 15.7 Å². The zero-order valence-electron chi connectivity index (χ0n) is 11.5. The molecule has 0 aliphatic rings. The molecule has 1 amide bonds. The fourth-order valence-electron chi connectivity index (χ4n) is 1.75. The van der Waals surface area contributed by atoms with Gasteiger partial charge in [-0.25, -0.2) is 9.37 Å². The molecule has 0 unspecified atom stereocenters. The Bertz CT molecular complexity index is 671. The van der Waals surface area contributed by atoms with Crippen molar-refractivity contribution in [2.24, 2.45) is 0 Å². The van der Waals surface area contributed by atoms with Crippen LogP contribution in [0.2, 0.25) is 5.15 Å². The molecule has 0 radical (unpaired) electrons. The maximum atomic E-state index is 13.7. The number of carbonyl (C=O) groups is 1. The SMILES string of the molecule is CC(C)c1cc(C(=O)Nc2c(F)cccc2Br)cc(Cl)n1. The lowest BCUT2D eigenvalue weighted by atomic mass is 10.1. The molecule has 0 saturated heterocycles. The summed E-state index contributed by atoms with van der Waals surface area (Å²) in [5.74, 6) is -0.815. The number of para-hydroxylation sites is 1. The van der Waals surface area contributed by atoms with E-state index in [1.54, 1.807) is 18.2 Å². The summed E-state index contributed by atoms with van der Waals surface area (Å²) in [6.45, 7) is 3.90. The van der Waals surface area contributed by atoms with Crippen LogP contribution in [0.3, 0.4) is 0 Å². The molecule has 0 aliphatic heterocycles. The molecule has 2 rings (SSSR count). The Balaban J connectivity index is 2.33. The summed E-state index contributed by atoms with van der Waals surface area (Å²) in [4.78, 5) is 16.4. The molecule has 6 heteroatoms. The summed E-state index contributed by atoms with van der Waals surface area (Å²) in [7, 11) is 0. The quantitative estimate of drug-likeness (QED) is 0.770. The van der Waals surface area contributed by atoms with E-state index in [2.05, 4.69) is 26.2 Å². The van der Waals surface area contributed by atoms with Gasteiger partial charge in [0.15, 0.2) is 0 Å². The van der Waals surface area contributed by atoms with Gasteiger partial charge in [-0.15, -0.1) is 0 Å². The van der Waals surface area contributed by atoms with E-state index in [9.17, 15) is 9.18 Å². The highest BCUT2D eigenvalue weighted by Gasteiger charge is 2.14. The van der Waals surface area contributed by atoms with Crippen LogP contribution in [0.15, 0.2) is 34.8 Å². The Morgan fingerprint density at radius 3 is 2.71 bits per heavy atom. The van der Waals surface area contributed by atoms with Gasteiger partial charge in [-0.05, 0) is 46.1 Å². The van der Waals surface area contributed by atoms with Gasteiger partial charge >= 0.3 is 0 Å². The van der Waals surface area contributed by atoms with Crippen LogP contribution in [0.5, 0.6) is 0 Å². The number of nitrogens with zero attached hydrogens (tertiary/aromatic N) is 1. The van der Waals surface area contributed by atoms with E-state index in [1.807, 2.05) is 13.8 Å². The Kier molecular flexibility index (Phi) is 4.96. The van der Waals surface area contributed by atoms with Gasteiger partial charge in [0.1, 0.15) is 11.0 Å². The molecule has 21 heavy (non-hydrogen) atoms. The van der Waals surface area contributed by atoms with Gasteiger partial charge in [0, 0.05) is 15.7 Å². The van der Waals surface area contributed by atoms with Crippen molar-refractivity contribution in [3.05, 3.63) is 57.0 Å². The Labute approximate surface area is 135 Å². The number of benzene rings is 1. The molecular formula is C15H13BrClFN2O. The van der Waals surface area contributed by atoms with Gasteiger partial charge in [0.25, 0.3) is 5.91 Å². The second kappa shape index (κ2) is 6.54. The fourth-order valence-corrected chi connectivity index (χ4v) is 2.40. The first-order chi connectivity index (χ1) is 9.88. The molecule has 110 valence electrons. The third-order valence-electron chi connectivity index (χ3n) is 2.87.